The van der Waals surface area contributed by atoms with Crippen molar-refractivity contribution >= 4 is 23.3 Å². The lowest BCUT2D eigenvalue weighted by Crippen LogP contribution is -2.02. The van der Waals surface area contributed by atoms with Gasteiger partial charge in [0.05, 0.1) is 54.0 Å². The molecule has 0 bridgehead atoms. The Hall–Kier alpha value is -4.91. The van der Waals surface area contributed by atoms with Gasteiger partial charge in [-0.05, 0) is 120 Å². The van der Waals surface area contributed by atoms with Gasteiger partial charge in [0.15, 0.2) is 0 Å². The monoisotopic (exact) mass is 591 g/mol. The molecular formula is C37H37NO6. The van der Waals surface area contributed by atoms with Crippen LogP contribution in [0.15, 0.2) is 54.6 Å². The molecule has 44 heavy (non-hydrogen) atoms. The smallest absolute Gasteiger partial charge is 0.126 e. The third-order valence-electron chi connectivity index (χ3n) is 8.51. The molecule has 1 heterocycles. The lowest BCUT2D eigenvalue weighted by atomic mass is 9.92. The molecule has 0 atom stereocenters. The second-order valence-electron chi connectivity index (χ2n) is 10.8. The van der Waals surface area contributed by atoms with Gasteiger partial charge in [0.25, 0.3) is 0 Å². The minimum Gasteiger partial charge on any atom is -0.497 e. The quantitative estimate of drug-likeness (QED) is 0.197. The van der Waals surface area contributed by atoms with Gasteiger partial charge in [-0.15, -0.1) is 0 Å². The molecular weight excluding hydrogens is 554 g/mol. The van der Waals surface area contributed by atoms with Crippen molar-refractivity contribution in [2.24, 2.45) is 0 Å². The lowest BCUT2D eigenvalue weighted by Gasteiger charge is -2.18. The standard InChI is InChI=1S/C37H37NO6/c1-39-26-9-14-32(42-4)24(19-26)17-22-7-12-29-35(31-21-28(41-3)11-16-34(31)44-6)30-13-8-23(37(30)38-36(22)29)18-25-20-27(40-2)10-15-33(25)43-5/h9-11,14-21H,7-8,12-13H2,1-6H3/b22-17-,23-18+. The Morgan fingerprint density at radius 1 is 0.500 bits per heavy atom. The highest BCUT2D eigenvalue weighted by Crippen LogP contribution is 2.49. The van der Waals surface area contributed by atoms with Gasteiger partial charge in [0.2, 0.25) is 0 Å². The number of benzene rings is 3. The number of hydrogen-bond donors (Lipinski definition) is 0. The fourth-order valence-corrected chi connectivity index (χ4v) is 6.34. The predicted octanol–water partition coefficient (Wildman–Crippen LogP) is 7.77. The van der Waals surface area contributed by atoms with Gasteiger partial charge in [-0.3, -0.25) is 0 Å². The molecule has 0 unspecified atom stereocenters. The maximum atomic E-state index is 5.91. The molecule has 0 N–H and O–H groups in total. The average molecular weight is 592 g/mol. The van der Waals surface area contributed by atoms with Crippen molar-refractivity contribution in [3.05, 3.63) is 88.2 Å². The van der Waals surface area contributed by atoms with Gasteiger partial charge in [0, 0.05) is 16.7 Å². The highest BCUT2D eigenvalue weighted by molar-refractivity contribution is 5.95. The number of nitrogens with zero attached hydrogens (tertiary/aromatic N) is 1. The van der Waals surface area contributed by atoms with Crippen LogP contribution in [0.2, 0.25) is 0 Å². The third-order valence-corrected chi connectivity index (χ3v) is 8.51. The van der Waals surface area contributed by atoms with Gasteiger partial charge < -0.3 is 28.4 Å². The van der Waals surface area contributed by atoms with Crippen LogP contribution < -0.4 is 28.4 Å². The van der Waals surface area contributed by atoms with Crippen molar-refractivity contribution in [2.45, 2.75) is 25.7 Å². The van der Waals surface area contributed by atoms with E-state index in [4.69, 9.17) is 33.4 Å². The molecule has 0 saturated carbocycles. The molecule has 0 spiro atoms. The summed E-state index contributed by atoms with van der Waals surface area (Å²) in [5, 5.41) is 0. The van der Waals surface area contributed by atoms with Crippen LogP contribution >= 0.6 is 0 Å². The summed E-state index contributed by atoms with van der Waals surface area (Å²) in [5.74, 6) is 4.71. The number of rotatable bonds is 9. The maximum absolute atomic E-state index is 5.91. The van der Waals surface area contributed by atoms with E-state index in [1.165, 1.54) is 16.7 Å². The first-order chi connectivity index (χ1) is 21.5. The van der Waals surface area contributed by atoms with Gasteiger partial charge in [-0.1, -0.05) is 0 Å². The molecule has 1 aromatic heterocycles. The Labute approximate surface area is 258 Å². The van der Waals surface area contributed by atoms with E-state index in [0.29, 0.717) is 0 Å². The summed E-state index contributed by atoms with van der Waals surface area (Å²) in [6, 6.07) is 17.7. The molecule has 3 aromatic carbocycles. The Kier molecular flexibility index (Phi) is 8.20. The van der Waals surface area contributed by atoms with E-state index in [9.17, 15) is 0 Å². The zero-order valence-electron chi connectivity index (χ0n) is 26.1. The van der Waals surface area contributed by atoms with E-state index < -0.39 is 0 Å². The summed E-state index contributed by atoms with van der Waals surface area (Å²) in [4.78, 5) is 5.42. The predicted molar refractivity (Wildman–Crippen MR) is 174 cm³/mol. The molecule has 7 nitrogen and oxygen atoms in total. The number of hydrogen-bond acceptors (Lipinski definition) is 7. The van der Waals surface area contributed by atoms with Crippen molar-refractivity contribution in [3.8, 4) is 45.6 Å². The van der Waals surface area contributed by atoms with E-state index in [1.807, 2.05) is 48.5 Å². The second-order valence-corrected chi connectivity index (χ2v) is 10.8. The van der Waals surface area contributed by atoms with Crippen LogP contribution in [0, 0.1) is 0 Å². The van der Waals surface area contributed by atoms with Crippen molar-refractivity contribution < 1.29 is 28.4 Å². The van der Waals surface area contributed by atoms with Crippen LogP contribution in [0.5, 0.6) is 34.5 Å². The van der Waals surface area contributed by atoms with E-state index >= 15 is 0 Å². The number of allylic oxidation sites excluding steroid dienone is 2. The summed E-state index contributed by atoms with van der Waals surface area (Å²) in [6.45, 7) is 0. The van der Waals surface area contributed by atoms with Gasteiger partial charge >= 0.3 is 0 Å². The van der Waals surface area contributed by atoms with E-state index in [1.54, 1.807) is 42.7 Å². The maximum Gasteiger partial charge on any atom is 0.126 e. The van der Waals surface area contributed by atoms with E-state index in [-0.39, 0.29) is 0 Å². The van der Waals surface area contributed by atoms with Crippen LogP contribution in [0.25, 0.3) is 34.4 Å². The number of pyridine rings is 1. The summed E-state index contributed by atoms with van der Waals surface area (Å²) >= 11 is 0. The molecule has 2 aliphatic rings. The summed E-state index contributed by atoms with van der Waals surface area (Å²) < 4.78 is 34.0. The minimum absolute atomic E-state index is 0.775. The Morgan fingerprint density at radius 2 is 0.932 bits per heavy atom. The Bertz CT molecular complexity index is 1690. The number of fused-ring (bicyclic) bond motifs is 2. The van der Waals surface area contributed by atoms with Crippen molar-refractivity contribution in [3.63, 3.8) is 0 Å². The molecule has 2 aliphatic carbocycles. The topological polar surface area (TPSA) is 68.3 Å². The molecule has 226 valence electrons. The second kappa shape index (κ2) is 12.4. The SMILES string of the molecule is COc1ccc(OC)c(/C=C2/CCc3c2nc2c(c3-c3cc(OC)ccc3OC)CC/C2=C\c2cc(OC)ccc2OC)c1. The summed E-state index contributed by atoms with van der Waals surface area (Å²) in [7, 11) is 10.1. The number of methoxy groups -OCH3 is 6. The van der Waals surface area contributed by atoms with Crippen LogP contribution in [-0.4, -0.2) is 47.6 Å². The zero-order valence-corrected chi connectivity index (χ0v) is 26.1. The molecule has 7 heteroatoms. The fourth-order valence-electron chi connectivity index (χ4n) is 6.34. The normalized spacial score (nSPS) is 15.2. The number of ether oxygens (including phenoxy) is 6. The molecule has 4 aromatic rings. The van der Waals surface area contributed by atoms with Crippen LogP contribution in [0.4, 0.5) is 0 Å². The minimum atomic E-state index is 0.775. The van der Waals surface area contributed by atoms with Crippen LogP contribution in [0.1, 0.15) is 46.5 Å². The van der Waals surface area contributed by atoms with Crippen LogP contribution in [0.3, 0.4) is 0 Å². The summed E-state index contributed by atoms with van der Waals surface area (Å²) in [5.41, 5.74) is 10.9. The van der Waals surface area contributed by atoms with Crippen LogP contribution in [-0.2, 0) is 12.8 Å². The van der Waals surface area contributed by atoms with E-state index in [0.717, 1.165) is 99.4 Å². The third kappa shape index (κ3) is 5.23. The average Bonchev–Trinajstić information content (AvgIpc) is 3.66. The largest absolute Gasteiger partial charge is 0.497 e. The summed E-state index contributed by atoms with van der Waals surface area (Å²) in [6.07, 6.45) is 7.81. The Balaban J connectivity index is 1.60. The van der Waals surface area contributed by atoms with Gasteiger partial charge in [-0.25, -0.2) is 4.98 Å². The van der Waals surface area contributed by atoms with Crippen molar-refractivity contribution in [1.29, 1.82) is 0 Å². The molecule has 6 rings (SSSR count). The first-order valence-corrected chi connectivity index (χ1v) is 14.7. The van der Waals surface area contributed by atoms with Gasteiger partial charge in [0.1, 0.15) is 34.5 Å². The van der Waals surface area contributed by atoms with Crippen molar-refractivity contribution in [2.75, 3.05) is 42.7 Å². The first-order valence-electron chi connectivity index (χ1n) is 14.7. The highest BCUT2D eigenvalue weighted by atomic mass is 16.5. The van der Waals surface area contributed by atoms with Gasteiger partial charge in [-0.2, -0.15) is 0 Å². The van der Waals surface area contributed by atoms with Crippen molar-refractivity contribution in [1.82, 2.24) is 4.98 Å². The fraction of sp³-hybridized carbons (Fsp3) is 0.270. The first kappa shape index (κ1) is 29.2. The molecule has 0 fully saturated rings. The lowest BCUT2D eigenvalue weighted by molar-refractivity contribution is 0.402. The molecule has 0 aliphatic heterocycles. The van der Waals surface area contributed by atoms with E-state index in [2.05, 4.69) is 18.2 Å². The molecule has 0 amide bonds. The zero-order chi connectivity index (χ0) is 30.8. The molecule has 0 saturated heterocycles. The molecule has 0 radical (unpaired) electrons. The highest BCUT2D eigenvalue weighted by Gasteiger charge is 2.32. The number of aromatic nitrogens is 1. The Morgan fingerprint density at radius 3 is 1.36 bits per heavy atom.